The van der Waals surface area contributed by atoms with Crippen LogP contribution in [-0.2, 0) is 19.0 Å². The molecule has 0 bridgehead atoms. The van der Waals surface area contributed by atoms with Gasteiger partial charge in [-0.05, 0) is 110 Å². The Labute approximate surface area is 212 Å². The summed E-state index contributed by atoms with van der Waals surface area (Å²) in [5.74, 6) is 4.01. The highest BCUT2D eigenvalue weighted by molar-refractivity contribution is 6.25. The number of esters is 1. The van der Waals surface area contributed by atoms with Crippen molar-refractivity contribution < 1.29 is 19.0 Å². The summed E-state index contributed by atoms with van der Waals surface area (Å²) < 4.78 is 17.3. The summed E-state index contributed by atoms with van der Waals surface area (Å²) in [5, 5.41) is 0. The minimum absolute atomic E-state index is 0.109. The van der Waals surface area contributed by atoms with Gasteiger partial charge in [0.15, 0.2) is 0 Å². The average molecular weight is 495 g/mol. The second-order valence-corrected chi connectivity index (χ2v) is 12.7. The molecule has 34 heavy (non-hydrogen) atoms. The van der Waals surface area contributed by atoms with Crippen LogP contribution in [0.3, 0.4) is 0 Å². The van der Waals surface area contributed by atoms with Gasteiger partial charge in [-0.3, -0.25) is 4.79 Å². The first-order valence-electron chi connectivity index (χ1n) is 13.7. The van der Waals surface area contributed by atoms with Crippen molar-refractivity contribution in [1.29, 1.82) is 0 Å². The molecule has 194 valence electrons. The SMILES string of the molecule is CO[C@@H]1CC[C@@]2(C)[C@@H](C1)C[C@@H](OC)[C@@H]1[C@@H]2CC[C@]2(C)[C@@H]([C@H](C)CCC(=O)OC/C=C\Cl)CC[C@@H]12. The zero-order valence-electron chi connectivity index (χ0n) is 22.1. The van der Waals surface area contributed by atoms with E-state index in [0.717, 1.165) is 24.2 Å². The maximum absolute atomic E-state index is 12.2. The van der Waals surface area contributed by atoms with Gasteiger partial charge >= 0.3 is 5.97 Å². The minimum Gasteiger partial charge on any atom is -0.461 e. The topological polar surface area (TPSA) is 44.8 Å². The van der Waals surface area contributed by atoms with Crippen LogP contribution >= 0.6 is 11.6 Å². The molecule has 0 aromatic rings. The smallest absolute Gasteiger partial charge is 0.306 e. The van der Waals surface area contributed by atoms with Gasteiger partial charge in [0.2, 0.25) is 0 Å². The third-order valence-corrected chi connectivity index (χ3v) is 11.4. The predicted octanol–water partition coefficient (Wildman–Crippen LogP) is 7.00. The van der Waals surface area contributed by atoms with Crippen molar-refractivity contribution >= 4 is 17.6 Å². The van der Waals surface area contributed by atoms with E-state index in [9.17, 15) is 4.79 Å². The maximum atomic E-state index is 12.2. The van der Waals surface area contributed by atoms with Crippen molar-refractivity contribution in [3.63, 3.8) is 0 Å². The highest BCUT2D eigenvalue weighted by Gasteiger charge is 2.63. The van der Waals surface area contributed by atoms with Crippen molar-refractivity contribution in [1.82, 2.24) is 0 Å². The number of halogens is 1. The molecule has 5 heteroatoms. The lowest BCUT2D eigenvalue weighted by atomic mass is 9.43. The highest BCUT2D eigenvalue weighted by Crippen LogP contribution is 2.68. The molecule has 4 rings (SSSR count). The lowest BCUT2D eigenvalue weighted by Crippen LogP contribution is -2.59. The molecule has 4 aliphatic rings. The average Bonchev–Trinajstić information content (AvgIpc) is 3.19. The maximum Gasteiger partial charge on any atom is 0.306 e. The summed E-state index contributed by atoms with van der Waals surface area (Å²) in [6.07, 6.45) is 14.1. The number of ether oxygens (including phenoxy) is 3. The molecule has 4 nitrogen and oxygen atoms in total. The number of hydrogen-bond acceptors (Lipinski definition) is 4. The lowest BCUT2D eigenvalue weighted by molar-refractivity contribution is -0.183. The van der Waals surface area contributed by atoms with Crippen LogP contribution in [0.2, 0.25) is 0 Å². The van der Waals surface area contributed by atoms with Crippen LogP contribution in [0.4, 0.5) is 0 Å². The van der Waals surface area contributed by atoms with E-state index >= 15 is 0 Å². The first-order valence-corrected chi connectivity index (χ1v) is 14.2. The molecular weight excluding hydrogens is 448 g/mol. The molecule has 0 aromatic carbocycles. The second kappa shape index (κ2) is 10.8. The largest absolute Gasteiger partial charge is 0.461 e. The first kappa shape index (κ1) is 26.5. The Kier molecular flexibility index (Phi) is 8.42. The summed E-state index contributed by atoms with van der Waals surface area (Å²) in [5.41, 5.74) is 2.19. The van der Waals surface area contributed by atoms with Crippen molar-refractivity contribution in [2.45, 2.75) is 97.2 Å². The summed E-state index contributed by atoms with van der Waals surface area (Å²) in [7, 11) is 3.84. The van der Waals surface area contributed by atoms with Gasteiger partial charge in [-0.1, -0.05) is 32.4 Å². The number of carbonyl (C=O) groups is 1. The normalized spacial score (nSPS) is 44.8. The molecule has 4 aliphatic carbocycles. The van der Waals surface area contributed by atoms with Gasteiger partial charge in [-0.2, -0.15) is 0 Å². The van der Waals surface area contributed by atoms with E-state index < -0.39 is 0 Å². The molecule has 0 radical (unpaired) electrons. The van der Waals surface area contributed by atoms with Gasteiger partial charge < -0.3 is 14.2 Å². The standard InChI is InChI=1S/C29H47ClO4/c1-19(7-10-26(31)34-16-6-15-30)22-8-9-23-27-24(12-14-29(22,23)3)28(2)13-11-21(32-4)17-20(28)18-25(27)33-5/h6,15,19-25,27H,7-14,16-18H2,1-5H3/b15-6-/t19-,20+,21-,22-,23+,24+,25-,27+,28+,29-/m1/s1. The van der Waals surface area contributed by atoms with E-state index in [2.05, 4.69) is 20.8 Å². The van der Waals surface area contributed by atoms with Crippen LogP contribution in [0.1, 0.15) is 85.0 Å². The van der Waals surface area contributed by atoms with E-state index in [0.29, 0.717) is 47.2 Å². The Morgan fingerprint density at radius 2 is 1.76 bits per heavy atom. The number of carbonyl (C=O) groups excluding carboxylic acids is 1. The van der Waals surface area contributed by atoms with Crippen LogP contribution in [0, 0.1) is 46.3 Å². The van der Waals surface area contributed by atoms with Crippen LogP contribution in [0.5, 0.6) is 0 Å². The minimum atomic E-state index is -0.109. The summed E-state index contributed by atoms with van der Waals surface area (Å²) in [6, 6.07) is 0. The lowest BCUT2D eigenvalue weighted by Gasteiger charge is -2.63. The molecule has 4 fully saturated rings. The Hall–Kier alpha value is -0.580. The molecule has 0 amide bonds. The summed E-state index contributed by atoms with van der Waals surface area (Å²) >= 11 is 5.52. The number of methoxy groups -OCH3 is 2. The van der Waals surface area contributed by atoms with Gasteiger partial charge in [0, 0.05) is 26.2 Å². The Morgan fingerprint density at radius 3 is 2.47 bits per heavy atom. The van der Waals surface area contributed by atoms with Gasteiger partial charge in [-0.25, -0.2) is 0 Å². The van der Waals surface area contributed by atoms with Gasteiger partial charge in [-0.15, -0.1) is 0 Å². The first-order chi connectivity index (χ1) is 16.3. The molecule has 0 aromatic heterocycles. The van der Waals surface area contributed by atoms with Crippen LogP contribution in [0.25, 0.3) is 0 Å². The fourth-order valence-corrected chi connectivity index (χ4v) is 9.47. The molecule has 0 aliphatic heterocycles. The van der Waals surface area contributed by atoms with Crippen LogP contribution < -0.4 is 0 Å². The second-order valence-electron chi connectivity index (χ2n) is 12.4. The number of hydrogen-bond donors (Lipinski definition) is 0. The van der Waals surface area contributed by atoms with Crippen molar-refractivity contribution in [2.24, 2.45) is 46.3 Å². The molecule has 0 saturated heterocycles. The summed E-state index contributed by atoms with van der Waals surface area (Å²) in [4.78, 5) is 12.2. The van der Waals surface area contributed by atoms with E-state index in [4.69, 9.17) is 25.8 Å². The highest BCUT2D eigenvalue weighted by atomic mass is 35.5. The molecule has 10 atom stereocenters. The Morgan fingerprint density at radius 1 is 1.03 bits per heavy atom. The third kappa shape index (κ3) is 4.73. The van der Waals surface area contributed by atoms with Gasteiger partial charge in [0.25, 0.3) is 0 Å². The fourth-order valence-electron chi connectivity index (χ4n) is 9.39. The van der Waals surface area contributed by atoms with E-state index in [-0.39, 0.29) is 12.6 Å². The quantitative estimate of drug-likeness (QED) is 0.341. The van der Waals surface area contributed by atoms with Crippen molar-refractivity contribution in [3.05, 3.63) is 11.6 Å². The van der Waals surface area contributed by atoms with E-state index in [1.807, 2.05) is 14.2 Å². The zero-order valence-corrected chi connectivity index (χ0v) is 22.8. The van der Waals surface area contributed by atoms with E-state index in [1.165, 1.54) is 56.9 Å². The molecule has 0 unspecified atom stereocenters. The third-order valence-electron chi connectivity index (χ3n) is 11.2. The van der Waals surface area contributed by atoms with Gasteiger partial charge in [0.1, 0.15) is 6.61 Å². The molecule has 0 N–H and O–H groups in total. The molecular formula is C29H47ClO4. The Balaban J connectivity index is 1.46. The van der Waals surface area contributed by atoms with Crippen LogP contribution in [0.15, 0.2) is 11.6 Å². The number of fused-ring (bicyclic) bond motifs is 5. The predicted molar refractivity (Wildman–Crippen MR) is 137 cm³/mol. The zero-order chi connectivity index (χ0) is 24.5. The van der Waals surface area contributed by atoms with Gasteiger partial charge in [0.05, 0.1) is 12.2 Å². The monoisotopic (exact) mass is 494 g/mol. The molecule has 0 spiro atoms. The van der Waals surface area contributed by atoms with Crippen molar-refractivity contribution in [3.8, 4) is 0 Å². The van der Waals surface area contributed by atoms with Crippen molar-refractivity contribution in [2.75, 3.05) is 20.8 Å². The molecule has 4 saturated carbocycles. The Bertz CT molecular complexity index is 740. The van der Waals surface area contributed by atoms with Crippen LogP contribution in [-0.4, -0.2) is 39.0 Å². The fraction of sp³-hybridized carbons (Fsp3) is 0.897. The summed E-state index contributed by atoms with van der Waals surface area (Å²) in [6.45, 7) is 7.82. The molecule has 0 heterocycles. The van der Waals surface area contributed by atoms with E-state index in [1.54, 1.807) is 6.08 Å². The number of rotatable bonds is 8.